The molecule has 0 aliphatic rings. The first-order chi connectivity index (χ1) is 10.3. The quantitative estimate of drug-likeness (QED) is 0.596. The number of hydrogen-bond donors (Lipinski definition) is 1. The van der Waals surface area contributed by atoms with E-state index >= 15 is 0 Å². The van der Waals surface area contributed by atoms with Gasteiger partial charge in [0.1, 0.15) is 0 Å². The lowest BCUT2D eigenvalue weighted by atomic mass is 10.1. The zero-order valence-electron chi connectivity index (χ0n) is 11.5. The van der Waals surface area contributed by atoms with Crippen molar-refractivity contribution in [2.45, 2.75) is 6.92 Å². The van der Waals surface area contributed by atoms with Gasteiger partial charge in [0.05, 0.1) is 0 Å². The van der Waals surface area contributed by atoms with Gasteiger partial charge in [-0.3, -0.25) is 0 Å². The summed E-state index contributed by atoms with van der Waals surface area (Å²) in [5.41, 5.74) is 4.18. The van der Waals surface area contributed by atoms with Crippen LogP contribution in [0.25, 0.3) is 33.7 Å². The Kier molecular flexibility index (Phi) is 2.60. The van der Waals surface area contributed by atoms with E-state index in [1.807, 2.05) is 48.7 Å². The van der Waals surface area contributed by atoms with Crippen molar-refractivity contribution in [3.05, 3.63) is 60.3 Å². The van der Waals surface area contributed by atoms with Gasteiger partial charge >= 0.3 is 0 Å². The van der Waals surface area contributed by atoms with Crippen LogP contribution < -0.4 is 0 Å². The zero-order chi connectivity index (χ0) is 14.2. The highest BCUT2D eigenvalue weighted by atomic mass is 16.5. The molecule has 2 aromatic carbocycles. The van der Waals surface area contributed by atoms with Gasteiger partial charge in [-0.2, -0.15) is 4.98 Å². The number of aromatic nitrogens is 3. The molecule has 0 bridgehead atoms. The molecule has 0 amide bonds. The van der Waals surface area contributed by atoms with Crippen LogP contribution in [0.2, 0.25) is 0 Å². The predicted molar refractivity (Wildman–Crippen MR) is 81.8 cm³/mol. The van der Waals surface area contributed by atoms with E-state index in [2.05, 4.69) is 28.1 Å². The Balaban J connectivity index is 1.74. The number of nitrogens with one attached hydrogen (secondary N) is 1. The minimum Gasteiger partial charge on any atom is -0.361 e. The maximum Gasteiger partial charge on any atom is 0.258 e. The molecule has 0 aliphatic heterocycles. The highest BCUT2D eigenvalue weighted by Crippen LogP contribution is 2.25. The summed E-state index contributed by atoms with van der Waals surface area (Å²) in [4.78, 5) is 7.65. The molecule has 0 spiro atoms. The third-order valence-electron chi connectivity index (χ3n) is 3.54. The summed E-state index contributed by atoms with van der Waals surface area (Å²) in [5.74, 6) is 1.15. The van der Waals surface area contributed by atoms with E-state index in [0.717, 1.165) is 22.0 Å². The van der Waals surface area contributed by atoms with Crippen molar-refractivity contribution in [3.8, 4) is 22.8 Å². The number of rotatable bonds is 2. The largest absolute Gasteiger partial charge is 0.361 e. The summed E-state index contributed by atoms with van der Waals surface area (Å²) in [6.07, 6.45) is 1.92. The van der Waals surface area contributed by atoms with Gasteiger partial charge in [0, 0.05) is 28.2 Å². The topological polar surface area (TPSA) is 54.7 Å². The molecule has 0 saturated heterocycles. The Labute approximate surface area is 121 Å². The van der Waals surface area contributed by atoms with Gasteiger partial charge < -0.3 is 9.51 Å². The van der Waals surface area contributed by atoms with Crippen LogP contribution in [0.1, 0.15) is 5.56 Å². The van der Waals surface area contributed by atoms with Crippen molar-refractivity contribution in [2.75, 3.05) is 0 Å². The molecule has 2 heterocycles. The maximum absolute atomic E-state index is 5.37. The second-order valence-electron chi connectivity index (χ2n) is 5.07. The molecule has 0 atom stereocenters. The van der Waals surface area contributed by atoms with Crippen molar-refractivity contribution in [2.24, 2.45) is 0 Å². The number of benzene rings is 2. The molecular formula is C17H13N3O. The van der Waals surface area contributed by atoms with Gasteiger partial charge in [-0.25, -0.2) is 0 Å². The van der Waals surface area contributed by atoms with E-state index in [-0.39, 0.29) is 0 Å². The van der Waals surface area contributed by atoms with Gasteiger partial charge in [0.15, 0.2) is 0 Å². The van der Waals surface area contributed by atoms with Gasteiger partial charge in [0.2, 0.25) is 5.82 Å². The number of hydrogen-bond acceptors (Lipinski definition) is 3. The Morgan fingerprint density at radius 1 is 0.952 bits per heavy atom. The summed E-state index contributed by atoms with van der Waals surface area (Å²) in [5, 5.41) is 5.21. The number of aromatic amines is 1. The lowest BCUT2D eigenvalue weighted by molar-refractivity contribution is 0.432. The van der Waals surface area contributed by atoms with E-state index in [0.29, 0.717) is 11.7 Å². The summed E-state index contributed by atoms with van der Waals surface area (Å²) >= 11 is 0. The van der Waals surface area contributed by atoms with Crippen molar-refractivity contribution in [3.63, 3.8) is 0 Å². The first kappa shape index (κ1) is 11.9. The molecule has 4 heteroatoms. The van der Waals surface area contributed by atoms with Crippen LogP contribution in [0.15, 0.2) is 59.3 Å². The van der Waals surface area contributed by atoms with E-state index in [1.165, 1.54) is 5.56 Å². The number of aryl methyl sites for hydroxylation is 1. The smallest absolute Gasteiger partial charge is 0.258 e. The second-order valence-corrected chi connectivity index (χ2v) is 5.07. The summed E-state index contributed by atoms with van der Waals surface area (Å²) < 4.78 is 5.37. The monoisotopic (exact) mass is 275 g/mol. The van der Waals surface area contributed by atoms with Crippen molar-refractivity contribution < 1.29 is 4.52 Å². The molecule has 0 radical (unpaired) electrons. The lowest BCUT2D eigenvalue weighted by Crippen LogP contribution is -1.81. The average Bonchev–Trinajstić information content (AvgIpc) is 3.16. The van der Waals surface area contributed by atoms with E-state index in [1.54, 1.807) is 0 Å². The average molecular weight is 275 g/mol. The van der Waals surface area contributed by atoms with Gasteiger partial charge in [-0.15, -0.1) is 0 Å². The number of fused-ring (bicyclic) bond motifs is 1. The summed E-state index contributed by atoms with van der Waals surface area (Å²) in [7, 11) is 0. The first-order valence-electron chi connectivity index (χ1n) is 6.78. The fourth-order valence-corrected chi connectivity index (χ4v) is 2.35. The Bertz CT molecular complexity index is 903. The fourth-order valence-electron chi connectivity index (χ4n) is 2.35. The predicted octanol–water partition coefficient (Wildman–Crippen LogP) is 4.19. The van der Waals surface area contributed by atoms with Gasteiger partial charge in [-0.1, -0.05) is 22.9 Å². The highest BCUT2D eigenvalue weighted by Gasteiger charge is 2.11. The second kappa shape index (κ2) is 4.59. The van der Waals surface area contributed by atoms with Crippen molar-refractivity contribution in [1.29, 1.82) is 0 Å². The van der Waals surface area contributed by atoms with Crippen molar-refractivity contribution >= 4 is 10.9 Å². The van der Waals surface area contributed by atoms with Crippen LogP contribution in [0, 0.1) is 6.92 Å². The molecule has 4 nitrogen and oxygen atoms in total. The van der Waals surface area contributed by atoms with E-state index in [9.17, 15) is 0 Å². The summed E-state index contributed by atoms with van der Waals surface area (Å²) in [6, 6.07) is 16.1. The molecule has 4 aromatic rings. The molecule has 0 fully saturated rings. The zero-order valence-corrected chi connectivity index (χ0v) is 11.5. The molecular weight excluding hydrogens is 262 g/mol. The molecule has 0 unspecified atom stereocenters. The van der Waals surface area contributed by atoms with Crippen LogP contribution in [-0.2, 0) is 0 Å². The number of nitrogens with zero attached hydrogens (tertiary/aromatic N) is 2. The van der Waals surface area contributed by atoms with E-state index in [4.69, 9.17) is 4.52 Å². The number of H-pyrrole nitrogens is 1. The third kappa shape index (κ3) is 2.10. The molecule has 21 heavy (non-hydrogen) atoms. The Hall–Kier alpha value is -2.88. The summed E-state index contributed by atoms with van der Waals surface area (Å²) in [6.45, 7) is 2.05. The van der Waals surface area contributed by atoms with Gasteiger partial charge in [0.25, 0.3) is 5.89 Å². The highest BCUT2D eigenvalue weighted by molar-refractivity contribution is 5.83. The van der Waals surface area contributed by atoms with Crippen LogP contribution in [0.4, 0.5) is 0 Å². The molecule has 0 aliphatic carbocycles. The third-order valence-corrected chi connectivity index (χ3v) is 3.54. The van der Waals surface area contributed by atoms with Crippen LogP contribution in [0.5, 0.6) is 0 Å². The molecule has 102 valence electrons. The van der Waals surface area contributed by atoms with Crippen LogP contribution in [-0.4, -0.2) is 15.1 Å². The Morgan fingerprint density at radius 3 is 2.62 bits per heavy atom. The normalized spacial score (nSPS) is 11.1. The standard InChI is InChI=1S/C17H13N3O/c1-11-2-4-12(5-3-11)17-19-16(20-21-17)14-6-7-15-13(10-14)8-9-18-15/h2-10,18H,1H3. The lowest BCUT2D eigenvalue weighted by Gasteiger charge is -1.95. The van der Waals surface area contributed by atoms with Crippen LogP contribution in [0.3, 0.4) is 0 Å². The minimum atomic E-state index is 0.541. The Morgan fingerprint density at radius 2 is 1.76 bits per heavy atom. The van der Waals surface area contributed by atoms with Crippen molar-refractivity contribution in [1.82, 2.24) is 15.1 Å². The minimum absolute atomic E-state index is 0.541. The molecule has 2 aromatic heterocycles. The maximum atomic E-state index is 5.37. The molecule has 0 saturated carbocycles. The molecule has 1 N–H and O–H groups in total. The SMILES string of the molecule is Cc1ccc(-c2nc(-c3ccc4[nH]ccc4c3)no2)cc1. The van der Waals surface area contributed by atoms with E-state index < -0.39 is 0 Å². The fraction of sp³-hybridized carbons (Fsp3) is 0.0588. The van der Waals surface area contributed by atoms with Crippen LogP contribution >= 0.6 is 0 Å². The van der Waals surface area contributed by atoms with Gasteiger partial charge in [-0.05, 0) is 43.3 Å². The molecule has 4 rings (SSSR count). The first-order valence-corrected chi connectivity index (χ1v) is 6.78.